The Hall–Kier alpha value is -1.10. The van der Waals surface area contributed by atoms with Gasteiger partial charge in [-0.1, -0.05) is 6.92 Å². The van der Waals surface area contributed by atoms with E-state index in [0.29, 0.717) is 6.42 Å². The summed E-state index contributed by atoms with van der Waals surface area (Å²) in [5.74, 6) is -1.05. The number of carboxylic acid groups (broad SMARTS) is 1. The Morgan fingerprint density at radius 3 is 2.38 bits per heavy atom. The zero-order valence-electron chi connectivity index (χ0n) is 10.1. The summed E-state index contributed by atoms with van der Waals surface area (Å²) in [4.78, 5) is 24.3. The normalized spacial score (nSPS) is 21.0. The molecule has 0 saturated heterocycles. The molecule has 92 valence electrons. The average Bonchev–Trinajstić information content (AvgIpc) is 2.99. The summed E-state index contributed by atoms with van der Waals surface area (Å²) in [6.07, 6.45) is 2.30. The van der Waals surface area contributed by atoms with Gasteiger partial charge in [0, 0.05) is 7.05 Å². The number of nitrogens with two attached hydrogens (primary N) is 1. The van der Waals surface area contributed by atoms with Gasteiger partial charge in [-0.2, -0.15) is 0 Å². The standard InChI is InChI=1S/C11H20N2O3/c1-4-8(9(14)15)13(3)10(16)11(2,12)7-5-6-7/h7-8H,4-6,12H2,1-3H3,(H,14,15). The molecule has 1 aliphatic carbocycles. The molecule has 1 saturated carbocycles. The molecule has 1 rings (SSSR count). The van der Waals surface area contributed by atoms with E-state index in [9.17, 15) is 9.59 Å². The molecule has 0 spiro atoms. The number of amides is 1. The number of carbonyl (C=O) groups is 2. The van der Waals surface area contributed by atoms with E-state index >= 15 is 0 Å². The quantitative estimate of drug-likeness (QED) is 0.715. The van der Waals surface area contributed by atoms with Crippen LogP contribution in [0.25, 0.3) is 0 Å². The van der Waals surface area contributed by atoms with E-state index in [2.05, 4.69) is 0 Å². The van der Waals surface area contributed by atoms with Gasteiger partial charge in [-0.15, -0.1) is 0 Å². The van der Waals surface area contributed by atoms with Crippen molar-refractivity contribution in [2.45, 2.75) is 44.7 Å². The van der Waals surface area contributed by atoms with Gasteiger partial charge in [0.15, 0.2) is 0 Å². The molecule has 5 nitrogen and oxygen atoms in total. The van der Waals surface area contributed by atoms with E-state index in [0.717, 1.165) is 12.8 Å². The molecule has 0 bridgehead atoms. The van der Waals surface area contributed by atoms with Crippen molar-refractivity contribution < 1.29 is 14.7 Å². The van der Waals surface area contributed by atoms with E-state index in [1.165, 1.54) is 11.9 Å². The number of rotatable bonds is 5. The molecule has 0 aromatic rings. The number of aliphatic carboxylic acids is 1. The van der Waals surface area contributed by atoms with Gasteiger partial charge >= 0.3 is 5.97 Å². The number of carbonyl (C=O) groups excluding carboxylic acids is 1. The molecule has 1 amide bonds. The first-order chi connectivity index (χ1) is 7.32. The van der Waals surface area contributed by atoms with Crippen molar-refractivity contribution in [1.82, 2.24) is 4.90 Å². The lowest BCUT2D eigenvalue weighted by atomic mass is 9.94. The third-order valence-electron chi connectivity index (χ3n) is 3.35. The first-order valence-electron chi connectivity index (χ1n) is 5.61. The van der Waals surface area contributed by atoms with E-state index in [1.54, 1.807) is 13.8 Å². The van der Waals surface area contributed by atoms with Gasteiger partial charge in [0.25, 0.3) is 0 Å². The van der Waals surface area contributed by atoms with Crippen LogP contribution >= 0.6 is 0 Å². The molecule has 0 heterocycles. The van der Waals surface area contributed by atoms with Crippen LogP contribution in [0.2, 0.25) is 0 Å². The summed E-state index contributed by atoms with van der Waals surface area (Å²) in [5.41, 5.74) is 5.06. The third-order valence-corrected chi connectivity index (χ3v) is 3.35. The molecule has 0 aromatic heterocycles. The predicted octanol–water partition coefficient (Wildman–Crippen LogP) is 0.435. The number of nitrogens with zero attached hydrogens (tertiary/aromatic N) is 1. The second kappa shape index (κ2) is 4.41. The molecule has 0 radical (unpaired) electrons. The molecule has 2 unspecified atom stereocenters. The Morgan fingerprint density at radius 1 is 1.56 bits per heavy atom. The lowest BCUT2D eigenvalue weighted by Crippen LogP contribution is -2.57. The number of hydrogen-bond acceptors (Lipinski definition) is 3. The second-order valence-corrected chi connectivity index (χ2v) is 4.74. The molecule has 2 atom stereocenters. The smallest absolute Gasteiger partial charge is 0.326 e. The first-order valence-corrected chi connectivity index (χ1v) is 5.61. The second-order valence-electron chi connectivity index (χ2n) is 4.74. The molecule has 5 heteroatoms. The van der Waals surface area contributed by atoms with Gasteiger partial charge in [0.1, 0.15) is 6.04 Å². The van der Waals surface area contributed by atoms with Gasteiger partial charge in [0.05, 0.1) is 5.54 Å². The number of likely N-dealkylation sites (N-methyl/N-ethyl adjacent to an activating group) is 1. The molecule has 1 fully saturated rings. The lowest BCUT2D eigenvalue weighted by molar-refractivity contribution is -0.151. The highest BCUT2D eigenvalue weighted by Crippen LogP contribution is 2.39. The lowest BCUT2D eigenvalue weighted by Gasteiger charge is -2.32. The summed E-state index contributed by atoms with van der Waals surface area (Å²) in [6, 6.07) is -0.783. The van der Waals surface area contributed by atoms with Gasteiger partial charge in [-0.3, -0.25) is 4.79 Å². The highest BCUT2D eigenvalue weighted by atomic mass is 16.4. The van der Waals surface area contributed by atoms with Crippen LogP contribution in [0.1, 0.15) is 33.1 Å². The van der Waals surface area contributed by atoms with Crippen molar-refractivity contribution in [2.75, 3.05) is 7.05 Å². The fraction of sp³-hybridized carbons (Fsp3) is 0.818. The largest absolute Gasteiger partial charge is 0.480 e. The maximum absolute atomic E-state index is 12.1. The van der Waals surface area contributed by atoms with E-state index in [1.807, 2.05) is 0 Å². The SMILES string of the molecule is CCC(C(=O)O)N(C)C(=O)C(C)(N)C1CC1. The maximum atomic E-state index is 12.1. The molecular formula is C11H20N2O3. The number of hydrogen-bond donors (Lipinski definition) is 2. The summed E-state index contributed by atoms with van der Waals surface area (Å²) in [6.45, 7) is 3.44. The van der Waals surface area contributed by atoms with Crippen LogP contribution in [-0.4, -0.2) is 40.5 Å². The Bertz CT molecular complexity index is 298. The van der Waals surface area contributed by atoms with Crippen molar-refractivity contribution in [3.63, 3.8) is 0 Å². The fourth-order valence-electron chi connectivity index (χ4n) is 1.99. The van der Waals surface area contributed by atoms with E-state index in [-0.39, 0.29) is 11.8 Å². The first kappa shape index (κ1) is 13.0. The van der Waals surface area contributed by atoms with Crippen molar-refractivity contribution in [3.8, 4) is 0 Å². The number of carboxylic acids is 1. The summed E-state index contributed by atoms with van der Waals surface area (Å²) >= 11 is 0. The van der Waals surface area contributed by atoms with Crippen molar-refractivity contribution in [3.05, 3.63) is 0 Å². The molecular weight excluding hydrogens is 208 g/mol. The van der Waals surface area contributed by atoms with Gasteiger partial charge in [-0.25, -0.2) is 4.79 Å². The van der Waals surface area contributed by atoms with Crippen LogP contribution < -0.4 is 5.73 Å². The average molecular weight is 228 g/mol. The zero-order valence-corrected chi connectivity index (χ0v) is 10.1. The summed E-state index contributed by atoms with van der Waals surface area (Å²) in [7, 11) is 1.51. The Morgan fingerprint density at radius 2 is 2.06 bits per heavy atom. The molecule has 1 aliphatic rings. The maximum Gasteiger partial charge on any atom is 0.326 e. The highest BCUT2D eigenvalue weighted by Gasteiger charge is 2.46. The van der Waals surface area contributed by atoms with E-state index < -0.39 is 17.6 Å². The third kappa shape index (κ3) is 2.35. The van der Waals surface area contributed by atoms with Gasteiger partial charge < -0.3 is 15.7 Å². The minimum absolute atomic E-state index is 0.203. The van der Waals surface area contributed by atoms with Crippen LogP contribution in [0, 0.1) is 5.92 Å². The Balaban J connectivity index is 2.75. The molecule has 16 heavy (non-hydrogen) atoms. The molecule has 0 aliphatic heterocycles. The van der Waals surface area contributed by atoms with Gasteiger partial charge in [0.2, 0.25) is 5.91 Å². The fourth-order valence-corrected chi connectivity index (χ4v) is 1.99. The monoisotopic (exact) mass is 228 g/mol. The Kier molecular flexibility index (Phi) is 3.57. The minimum atomic E-state index is -0.982. The van der Waals surface area contributed by atoms with Crippen LogP contribution in [0.5, 0.6) is 0 Å². The van der Waals surface area contributed by atoms with E-state index in [4.69, 9.17) is 10.8 Å². The minimum Gasteiger partial charge on any atom is -0.480 e. The van der Waals surface area contributed by atoms with Crippen molar-refractivity contribution in [2.24, 2.45) is 11.7 Å². The van der Waals surface area contributed by atoms with Crippen LogP contribution in [0.3, 0.4) is 0 Å². The van der Waals surface area contributed by atoms with Crippen LogP contribution in [0.15, 0.2) is 0 Å². The van der Waals surface area contributed by atoms with Gasteiger partial charge in [-0.05, 0) is 32.1 Å². The van der Waals surface area contributed by atoms with Crippen LogP contribution in [0.4, 0.5) is 0 Å². The van der Waals surface area contributed by atoms with Crippen molar-refractivity contribution in [1.29, 1.82) is 0 Å². The summed E-state index contributed by atoms with van der Waals surface area (Å²) in [5, 5.41) is 8.98. The highest BCUT2D eigenvalue weighted by molar-refractivity contribution is 5.90. The zero-order chi connectivity index (χ0) is 12.5. The van der Waals surface area contributed by atoms with Crippen molar-refractivity contribution >= 4 is 11.9 Å². The molecule has 3 N–H and O–H groups in total. The predicted molar refractivity (Wildman–Crippen MR) is 59.8 cm³/mol. The molecule has 0 aromatic carbocycles. The van der Waals surface area contributed by atoms with Crippen LogP contribution in [-0.2, 0) is 9.59 Å². The Labute approximate surface area is 95.6 Å². The topological polar surface area (TPSA) is 83.6 Å². The summed E-state index contributed by atoms with van der Waals surface area (Å²) < 4.78 is 0.